The predicted molar refractivity (Wildman–Crippen MR) is 29.6 cm³/mol. The van der Waals surface area contributed by atoms with Crippen LogP contribution in [0.1, 0.15) is 0 Å². The third-order valence-electron chi connectivity index (χ3n) is 0.718. The minimum Gasteiger partial charge on any atom is -0.331 e. The van der Waals surface area contributed by atoms with Gasteiger partial charge in [-0.15, -0.1) is 0 Å². The molecule has 0 bridgehead atoms. The van der Waals surface area contributed by atoms with Crippen LogP contribution in [-0.2, 0) is 9.09 Å². The molecular formula is C3H10NO2P. The Bertz CT molecular complexity index is 84.9. The number of rotatable bonds is 2. The van der Waals surface area contributed by atoms with E-state index in [0.29, 0.717) is 0 Å². The molecule has 0 rings (SSSR count). The highest BCUT2D eigenvalue weighted by Gasteiger charge is 2.07. The monoisotopic (exact) mass is 123 g/mol. The molecule has 2 N–H and O–H groups in total. The molecule has 0 radical (unpaired) electrons. The van der Waals surface area contributed by atoms with Crippen molar-refractivity contribution in [2.45, 2.75) is 0 Å². The third-order valence-corrected chi connectivity index (χ3v) is 2.15. The maximum absolute atomic E-state index is 10.6. The summed E-state index contributed by atoms with van der Waals surface area (Å²) in [7, 11) is -0.980. The molecule has 0 aliphatic rings. The number of hydrogen-bond acceptors (Lipinski definition) is 3. The summed E-state index contributed by atoms with van der Waals surface area (Å²) in [6.07, 6.45) is 0.128. The summed E-state index contributed by atoms with van der Waals surface area (Å²) in [6.45, 7) is 1.51. The van der Waals surface area contributed by atoms with E-state index in [1.54, 1.807) is 0 Å². The largest absolute Gasteiger partial charge is 0.331 e. The maximum Gasteiger partial charge on any atom is 0.213 e. The summed E-state index contributed by atoms with van der Waals surface area (Å²) >= 11 is 0. The molecule has 3 nitrogen and oxygen atoms in total. The van der Waals surface area contributed by atoms with Crippen LogP contribution in [0.25, 0.3) is 0 Å². The van der Waals surface area contributed by atoms with E-state index in [0.717, 1.165) is 0 Å². The molecule has 0 aromatic heterocycles. The first-order chi connectivity index (χ1) is 3.12. The van der Waals surface area contributed by atoms with E-state index in [1.807, 2.05) is 0 Å². The van der Waals surface area contributed by atoms with Crippen molar-refractivity contribution in [1.29, 1.82) is 0 Å². The van der Waals surface area contributed by atoms with Gasteiger partial charge in [0.2, 0.25) is 7.37 Å². The molecule has 7 heavy (non-hydrogen) atoms. The van der Waals surface area contributed by atoms with Gasteiger partial charge < -0.3 is 10.3 Å². The lowest BCUT2D eigenvalue weighted by atomic mass is 11.5. The second kappa shape index (κ2) is 2.46. The van der Waals surface area contributed by atoms with Crippen LogP contribution in [-0.4, -0.2) is 20.1 Å². The van der Waals surface area contributed by atoms with E-state index in [2.05, 4.69) is 4.52 Å². The topological polar surface area (TPSA) is 52.3 Å². The Kier molecular flexibility index (Phi) is 2.51. The van der Waals surface area contributed by atoms with Gasteiger partial charge in [0, 0.05) is 13.8 Å². The van der Waals surface area contributed by atoms with Crippen molar-refractivity contribution in [2.75, 3.05) is 20.1 Å². The Labute approximate surface area is 43.3 Å². The summed E-state index contributed by atoms with van der Waals surface area (Å²) in [5.74, 6) is 0. The second-order valence-corrected chi connectivity index (χ2v) is 4.14. The molecule has 0 aliphatic carbocycles. The van der Waals surface area contributed by atoms with E-state index in [9.17, 15) is 4.57 Å². The van der Waals surface area contributed by atoms with Gasteiger partial charge in [-0.3, -0.25) is 4.57 Å². The zero-order valence-corrected chi connectivity index (χ0v) is 5.44. The van der Waals surface area contributed by atoms with Crippen LogP contribution < -0.4 is 5.73 Å². The first-order valence-corrected chi connectivity index (χ1v) is 4.20. The molecule has 0 spiro atoms. The molecule has 0 aliphatic heterocycles. The van der Waals surface area contributed by atoms with Crippen LogP contribution in [0.4, 0.5) is 0 Å². The molecule has 44 valence electrons. The van der Waals surface area contributed by atoms with Gasteiger partial charge in [-0.05, 0) is 0 Å². The standard InChI is InChI=1S/C3H10NO2P/c1-6-7(2,5)3-4/h3-4H2,1-2H3. The van der Waals surface area contributed by atoms with E-state index >= 15 is 0 Å². The lowest BCUT2D eigenvalue weighted by molar-refractivity contribution is 0.399. The molecule has 0 fully saturated rings. The maximum atomic E-state index is 10.6. The summed E-state index contributed by atoms with van der Waals surface area (Å²) < 4.78 is 15.1. The molecule has 0 amide bonds. The summed E-state index contributed by atoms with van der Waals surface area (Å²) in [5.41, 5.74) is 5.03. The van der Waals surface area contributed by atoms with Gasteiger partial charge in [0.15, 0.2) is 0 Å². The lowest BCUT2D eigenvalue weighted by Crippen LogP contribution is -1.99. The molecule has 1 atom stereocenters. The highest BCUT2D eigenvalue weighted by atomic mass is 31.2. The van der Waals surface area contributed by atoms with Crippen LogP contribution >= 0.6 is 7.37 Å². The average Bonchev–Trinajstić information content (AvgIpc) is 1.68. The molecule has 0 aromatic rings. The fraction of sp³-hybridized carbons (Fsp3) is 1.00. The van der Waals surface area contributed by atoms with Crippen LogP contribution in [0.5, 0.6) is 0 Å². The molecule has 4 heteroatoms. The van der Waals surface area contributed by atoms with Crippen molar-refractivity contribution in [2.24, 2.45) is 5.73 Å². The normalized spacial score (nSPS) is 18.7. The van der Waals surface area contributed by atoms with E-state index in [1.165, 1.54) is 13.8 Å². The van der Waals surface area contributed by atoms with Crippen molar-refractivity contribution in [3.63, 3.8) is 0 Å². The SMILES string of the molecule is COP(C)(=O)CN. The summed E-state index contributed by atoms with van der Waals surface area (Å²) in [6, 6.07) is 0. The lowest BCUT2D eigenvalue weighted by Gasteiger charge is -2.03. The van der Waals surface area contributed by atoms with Crippen molar-refractivity contribution in [3.05, 3.63) is 0 Å². The molecule has 0 saturated carbocycles. The minimum atomic E-state index is -2.38. The summed E-state index contributed by atoms with van der Waals surface area (Å²) in [4.78, 5) is 0. The zero-order valence-electron chi connectivity index (χ0n) is 4.55. The average molecular weight is 123 g/mol. The quantitative estimate of drug-likeness (QED) is 0.542. The Balaban J connectivity index is 3.61. The van der Waals surface area contributed by atoms with Gasteiger partial charge in [0.25, 0.3) is 0 Å². The van der Waals surface area contributed by atoms with Gasteiger partial charge in [-0.1, -0.05) is 0 Å². The minimum absolute atomic E-state index is 0.128. The van der Waals surface area contributed by atoms with Crippen LogP contribution in [0.3, 0.4) is 0 Å². The molecule has 0 aromatic carbocycles. The van der Waals surface area contributed by atoms with Crippen LogP contribution in [0.15, 0.2) is 0 Å². The first kappa shape index (κ1) is 7.15. The van der Waals surface area contributed by atoms with Crippen molar-refractivity contribution in [3.8, 4) is 0 Å². The van der Waals surface area contributed by atoms with Gasteiger partial charge in [0.1, 0.15) is 0 Å². The fourth-order valence-electron chi connectivity index (χ4n) is 0.0745. The molecule has 0 heterocycles. The third kappa shape index (κ3) is 2.80. The summed E-state index contributed by atoms with van der Waals surface area (Å²) in [5, 5.41) is 0. The van der Waals surface area contributed by atoms with E-state index in [4.69, 9.17) is 5.73 Å². The van der Waals surface area contributed by atoms with Crippen molar-refractivity contribution in [1.82, 2.24) is 0 Å². The van der Waals surface area contributed by atoms with Gasteiger partial charge in [-0.2, -0.15) is 0 Å². The zero-order chi connectivity index (χ0) is 5.91. The smallest absolute Gasteiger partial charge is 0.213 e. The number of nitrogens with two attached hydrogens (primary N) is 1. The molecule has 1 unspecified atom stereocenters. The van der Waals surface area contributed by atoms with Gasteiger partial charge >= 0.3 is 0 Å². The highest BCUT2D eigenvalue weighted by Crippen LogP contribution is 2.38. The predicted octanol–water partition coefficient (Wildman–Crippen LogP) is 0.457. The Hall–Kier alpha value is 0.150. The Morgan fingerprint density at radius 1 is 1.86 bits per heavy atom. The van der Waals surface area contributed by atoms with Crippen LogP contribution in [0.2, 0.25) is 0 Å². The molecule has 0 saturated heterocycles. The van der Waals surface area contributed by atoms with Gasteiger partial charge in [0.05, 0.1) is 6.29 Å². The second-order valence-electron chi connectivity index (χ2n) is 1.38. The Morgan fingerprint density at radius 2 is 2.29 bits per heavy atom. The van der Waals surface area contributed by atoms with Crippen molar-refractivity contribution >= 4 is 7.37 Å². The fourth-order valence-corrected chi connectivity index (χ4v) is 0.224. The van der Waals surface area contributed by atoms with E-state index < -0.39 is 7.37 Å². The van der Waals surface area contributed by atoms with Crippen LogP contribution in [0, 0.1) is 0 Å². The number of hydrogen-bond donors (Lipinski definition) is 1. The van der Waals surface area contributed by atoms with Gasteiger partial charge in [-0.25, -0.2) is 0 Å². The van der Waals surface area contributed by atoms with Crippen molar-refractivity contribution < 1.29 is 9.09 Å². The Morgan fingerprint density at radius 3 is 2.29 bits per heavy atom. The highest BCUT2D eigenvalue weighted by molar-refractivity contribution is 7.58. The van der Waals surface area contributed by atoms with E-state index in [-0.39, 0.29) is 6.29 Å². The first-order valence-electron chi connectivity index (χ1n) is 1.95. The molecular weight excluding hydrogens is 113 g/mol.